The van der Waals surface area contributed by atoms with Gasteiger partial charge in [-0.25, -0.2) is 0 Å². The summed E-state index contributed by atoms with van der Waals surface area (Å²) < 4.78 is 0. The molecule has 0 aliphatic carbocycles. The Morgan fingerprint density at radius 1 is 0.743 bits per heavy atom. The second-order valence-electron chi connectivity index (χ2n) is 7.52. The summed E-state index contributed by atoms with van der Waals surface area (Å²) in [7, 11) is 0. The molecule has 1 aliphatic rings. The molecule has 0 spiro atoms. The third-order valence-corrected chi connectivity index (χ3v) is 5.90. The fourth-order valence-electron chi connectivity index (χ4n) is 4.28. The van der Waals surface area contributed by atoms with Gasteiger partial charge >= 0.3 is 12.3 Å². The van der Waals surface area contributed by atoms with Crippen LogP contribution in [0.5, 0.6) is 0 Å². The number of nitrogens with zero attached hydrogens (tertiary/aromatic N) is 2. The molecule has 0 fully saturated rings. The number of para-hydroxylation sites is 1. The predicted octanol–water partition coefficient (Wildman–Crippen LogP) is 6.27. The quantitative estimate of drug-likeness (QED) is 0.419. The molecule has 7 heteroatoms. The van der Waals surface area contributed by atoms with E-state index in [0.717, 1.165) is 24.4 Å². The fraction of sp³-hybridized carbons (Fsp3) is 0.214. The lowest BCUT2D eigenvalue weighted by Gasteiger charge is -2.48. The molecule has 1 atom stereocenters. The Morgan fingerprint density at radius 2 is 1.26 bits per heavy atom. The van der Waals surface area contributed by atoms with Crippen LogP contribution in [0.3, 0.4) is 0 Å². The van der Waals surface area contributed by atoms with Crippen LogP contribution in [0.4, 0.5) is 11.4 Å². The number of benzene rings is 3. The van der Waals surface area contributed by atoms with Crippen molar-refractivity contribution in [2.24, 2.45) is 0 Å². The highest BCUT2D eigenvalue weighted by Gasteiger charge is 2.35. The van der Waals surface area contributed by atoms with E-state index in [1.807, 2.05) is 12.1 Å². The topological polar surface area (TPSA) is 74.8 Å². The van der Waals surface area contributed by atoms with E-state index in [9.17, 15) is 0 Å². The highest BCUT2D eigenvalue weighted by atomic mass is 35.5. The van der Waals surface area contributed by atoms with Gasteiger partial charge < -0.3 is 9.80 Å². The summed E-state index contributed by atoms with van der Waals surface area (Å²) in [6, 6.07) is 29.8. The first-order chi connectivity index (χ1) is 17.1. The molecule has 0 N–H and O–H groups in total. The van der Waals surface area contributed by atoms with Crippen molar-refractivity contribution in [3.8, 4) is 0 Å². The van der Waals surface area contributed by atoms with Gasteiger partial charge in [-0.1, -0.05) is 74.0 Å². The standard InChI is InChI=1S/C26H27ClN2.2CO2/c1-3-20-19-28(23-13-9-6-10-14-23)26(21-11-7-5-8-12-21)29(25(20)4-2)24-17-15-22(27)16-18-24;2*2-1-3/h5-18,26H,3-4,19H2,1-2H3;;. The van der Waals surface area contributed by atoms with Crippen LogP contribution in [0.25, 0.3) is 0 Å². The van der Waals surface area contributed by atoms with E-state index in [1.165, 1.54) is 28.2 Å². The van der Waals surface area contributed by atoms with Crippen LogP contribution in [0.1, 0.15) is 38.4 Å². The van der Waals surface area contributed by atoms with E-state index in [-0.39, 0.29) is 18.5 Å². The Kier molecular flexibility index (Phi) is 11.2. The Hall–Kier alpha value is -3.95. The number of rotatable bonds is 5. The summed E-state index contributed by atoms with van der Waals surface area (Å²) in [5, 5.41) is 0.764. The highest BCUT2D eigenvalue weighted by molar-refractivity contribution is 6.30. The minimum atomic E-state index is 0.0880. The second-order valence-corrected chi connectivity index (χ2v) is 7.95. The van der Waals surface area contributed by atoms with Crippen molar-refractivity contribution >= 4 is 35.3 Å². The molecule has 0 saturated heterocycles. The van der Waals surface area contributed by atoms with E-state index in [1.54, 1.807) is 0 Å². The molecule has 0 radical (unpaired) electrons. The molecular weight excluding hydrogens is 464 g/mol. The summed E-state index contributed by atoms with van der Waals surface area (Å²) in [5.41, 5.74) is 6.59. The number of hydrogen-bond donors (Lipinski definition) is 0. The highest BCUT2D eigenvalue weighted by Crippen LogP contribution is 2.42. The van der Waals surface area contributed by atoms with Crippen LogP contribution in [-0.4, -0.2) is 18.8 Å². The van der Waals surface area contributed by atoms with Crippen LogP contribution >= 0.6 is 11.6 Å². The summed E-state index contributed by atoms with van der Waals surface area (Å²) in [6.07, 6.45) is 2.63. The predicted molar refractivity (Wildman–Crippen MR) is 135 cm³/mol. The number of anilines is 2. The van der Waals surface area contributed by atoms with E-state index < -0.39 is 0 Å². The minimum absolute atomic E-state index is 0.0880. The molecular formula is C28H27ClN2O4. The van der Waals surface area contributed by atoms with Gasteiger partial charge in [-0.15, -0.1) is 0 Å². The Balaban J connectivity index is 0.000000655. The summed E-state index contributed by atoms with van der Waals surface area (Å²) in [4.78, 5) is 37.5. The van der Waals surface area contributed by atoms with Gasteiger partial charge in [0, 0.05) is 28.6 Å². The van der Waals surface area contributed by atoms with Crippen LogP contribution < -0.4 is 9.80 Å². The van der Waals surface area contributed by atoms with Gasteiger partial charge in [0.15, 0.2) is 0 Å². The number of allylic oxidation sites excluding steroid dienone is 1. The lowest BCUT2D eigenvalue weighted by Crippen LogP contribution is -2.47. The van der Waals surface area contributed by atoms with Crippen molar-refractivity contribution in [2.45, 2.75) is 32.9 Å². The van der Waals surface area contributed by atoms with Gasteiger partial charge in [0.05, 0.1) is 0 Å². The molecule has 0 bridgehead atoms. The van der Waals surface area contributed by atoms with Crippen LogP contribution in [0.2, 0.25) is 5.02 Å². The number of hydrogen-bond acceptors (Lipinski definition) is 6. The molecule has 3 aromatic carbocycles. The molecule has 1 unspecified atom stereocenters. The minimum Gasteiger partial charge on any atom is -0.343 e. The zero-order chi connectivity index (χ0) is 25.6. The number of carbonyl (C=O) groups excluding carboxylic acids is 4. The average Bonchev–Trinajstić information content (AvgIpc) is 2.90. The van der Waals surface area contributed by atoms with Crippen molar-refractivity contribution in [3.63, 3.8) is 0 Å². The van der Waals surface area contributed by atoms with Gasteiger partial charge in [0.2, 0.25) is 0 Å². The largest absolute Gasteiger partial charge is 0.373 e. The summed E-state index contributed by atoms with van der Waals surface area (Å²) in [5.74, 6) is 0. The first-order valence-corrected chi connectivity index (χ1v) is 11.5. The van der Waals surface area contributed by atoms with Crippen molar-refractivity contribution < 1.29 is 19.2 Å². The Labute approximate surface area is 210 Å². The SMILES string of the molecule is CCC1=C(CC)N(c2ccc(Cl)cc2)C(c2ccccc2)N(c2ccccc2)C1.O=C=O.O=C=O. The average molecular weight is 491 g/mol. The normalized spacial score (nSPS) is 14.5. The van der Waals surface area contributed by atoms with Crippen LogP contribution in [0, 0.1) is 0 Å². The molecule has 180 valence electrons. The number of halogens is 1. The maximum absolute atomic E-state index is 8.12. The lowest BCUT2D eigenvalue weighted by molar-refractivity contribution is -0.193. The lowest BCUT2D eigenvalue weighted by atomic mass is 9.97. The van der Waals surface area contributed by atoms with Gasteiger partial charge in [-0.05, 0) is 60.4 Å². The van der Waals surface area contributed by atoms with Crippen molar-refractivity contribution in [1.82, 2.24) is 0 Å². The zero-order valence-electron chi connectivity index (χ0n) is 19.7. The summed E-state index contributed by atoms with van der Waals surface area (Å²) in [6.45, 7) is 5.46. The van der Waals surface area contributed by atoms with E-state index in [4.69, 9.17) is 30.8 Å². The Bertz CT molecular complexity index is 1140. The molecule has 1 heterocycles. The first-order valence-electron chi connectivity index (χ1n) is 11.2. The fourth-order valence-corrected chi connectivity index (χ4v) is 4.41. The molecule has 0 saturated carbocycles. The molecule has 4 rings (SSSR count). The molecule has 1 aliphatic heterocycles. The maximum Gasteiger partial charge on any atom is 0.373 e. The molecule has 0 aromatic heterocycles. The van der Waals surface area contributed by atoms with Crippen LogP contribution in [-0.2, 0) is 19.2 Å². The maximum atomic E-state index is 8.12. The second kappa shape index (κ2) is 14.3. The van der Waals surface area contributed by atoms with Gasteiger partial charge in [0.1, 0.15) is 6.17 Å². The molecule has 6 nitrogen and oxygen atoms in total. The van der Waals surface area contributed by atoms with E-state index >= 15 is 0 Å². The molecule has 3 aromatic rings. The molecule has 35 heavy (non-hydrogen) atoms. The van der Waals surface area contributed by atoms with Gasteiger partial charge in [-0.3, -0.25) is 0 Å². The Morgan fingerprint density at radius 3 is 1.74 bits per heavy atom. The van der Waals surface area contributed by atoms with Gasteiger partial charge in [0.25, 0.3) is 0 Å². The van der Waals surface area contributed by atoms with Crippen molar-refractivity contribution in [3.05, 3.63) is 107 Å². The molecule has 0 amide bonds. The third kappa shape index (κ3) is 7.02. The van der Waals surface area contributed by atoms with Crippen molar-refractivity contribution in [2.75, 3.05) is 16.3 Å². The van der Waals surface area contributed by atoms with Crippen molar-refractivity contribution in [1.29, 1.82) is 0 Å². The summed E-state index contributed by atoms with van der Waals surface area (Å²) >= 11 is 6.21. The van der Waals surface area contributed by atoms with Gasteiger partial charge in [-0.2, -0.15) is 19.2 Å². The zero-order valence-corrected chi connectivity index (χ0v) is 20.4. The third-order valence-electron chi connectivity index (χ3n) is 5.65. The first kappa shape index (κ1) is 27.3. The monoisotopic (exact) mass is 490 g/mol. The smallest absolute Gasteiger partial charge is 0.343 e. The van der Waals surface area contributed by atoms with E-state index in [0.29, 0.717) is 0 Å². The van der Waals surface area contributed by atoms with Crippen LogP contribution in [0.15, 0.2) is 96.2 Å². The van der Waals surface area contributed by atoms with E-state index in [2.05, 4.69) is 96.4 Å².